The van der Waals surface area contributed by atoms with Crippen LogP contribution in [0.3, 0.4) is 0 Å². The summed E-state index contributed by atoms with van der Waals surface area (Å²) in [5.74, 6) is 0.575. The van der Waals surface area contributed by atoms with Crippen LogP contribution in [0.25, 0.3) is 0 Å². The molecule has 0 unspecified atom stereocenters. The van der Waals surface area contributed by atoms with Crippen LogP contribution < -0.4 is 10.5 Å². The zero-order valence-electron chi connectivity index (χ0n) is 11.2. The van der Waals surface area contributed by atoms with Crippen LogP contribution in [0.15, 0.2) is 11.2 Å². The first-order chi connectivity index (χ1) is 8.39. The van der Waals surface area contributed by atoms with Crippen molar-refractivity contribution in [2.45, 2.75) is 38.6 Å². The summed E-state index contributed by atoms with van der Waals surface area (Å²) in [6.45, 7) is 6.55. The van der Waals surface area contributed by atoms with Crippen LogP contribution >= 0.6 is 0 Å². The molecule has 0 fully saturated rings. The minimum atomic E-state index is -3.53. The van der Waals surface area contributed by atoms with Crippen LogP contribution in [0.5, 0.6) is 0 Å². The number of rotatable bonds is 7. The maximum absolute atomic E-state index is 12.0. The number of nitrogens with one attached hydrogen (secondary N) is 2. The number of aryl methyl sites for hydroxylation is 1. The van der Waals surface area contributed by atoms with E-state index in [1.807, 2.05) is 13.8 Å². The van der Waals surface area contributed by atoms with E-state index in [0.29, 0.717) is 18.9 Å². The van der Waals surface area contributed by atoms with Gasteiger partial charge < -0.3 is 10.7 Å². The third-order valence-electron chi connectivity index (χ3n) is 3.54. The maximum atomic E-state index is 12.0. The molecule has 0 saturated carbocycles. The van der Waals surface area contributed by atoms with Gasteiger partial charge in [0.15, 0.2) is 5.03 Å². The van der Waals surface area contributed by atoms with Crippen LogP contribution in [0.1, 0.15) is 32.5 Å². The second-order valence-corrected chi connectivity index (χ2v) is 6.30. The molecule has 0 radical (unpaired) electrons. The van der Waals surface area contributed by atoms with Gasteiger partial charge >= 0.3 is 0 Å². The van der Waals surface area contributed by atoms with Crippen molar-refractivity contribution >= 4 is 10.0 Å². The summed E-state index contributed by atoms with van der Waals surface area (Å²) in [4.78, 5) is 6.60. The van der Waals surface area contributed by atoms with Crippen molar-refractivity contribution in [3.05, 3.63) is 12.0 Å². The van der Waals surface area contributed by atoms with Gasteiger partial charge in [-0.05, 0) is 31.7 Å². The number of hydrogen-bond acceptors (Lipinski definition) is 4. The second-order valence-electron chi connectivity index (χ2n) is 4.57. The van der Waals surface area contributed by atoms with E-state index in [1.54, 1.807) is 6.92 Å². The van der Waals surface area contributed by atoms with E-state index in [2.05, 4.69) is 14.7 Å². The molecule has 0 amide bonds. The highest BCUT2D eigenvalue weighted by Crippen LogP contribution is 2.24. The Morgan fingerprint density at radius 1 is 1.44 bits per heavy atom. The Morgan fingerprint density at radius 3 is 2.44 bits per heavy atom. The van der Waals surface area contributed by atoms with Crippen molar-refractivity contribution in [2.75, 3.05) is 13.1 Å². The fraction of sp³-hybridized carbons (Fsp3) is 0.727. The first kappa shape index (κ1) is 15.1. The van der Waals surface area contributed by atoms with E-state index in [9.17, 15) is 8.42 Å². The third-order valence-corrected chi connectivity index (χ3v) is 4.85. The van der Waals surface area contributed by atoms with E-state index in [1.165, 1.54) is 6.20 Å². The average molecular weight is 274 g/mol. The van der Waals surface area contributed by atoms with Gasteiger partial charge in [-0.3, -0.25) is 0 Å². The lowest BCUT2D eigenvalue weighted by atomic mass is 9.83. The number of aromatic amines is 1. The minimum absolute atomic E-state index is 0.0955. The fourth-order valence-electron chi connectivity index (χ4n) is 1.72. The van der Waals surface area contributed by atoms with Crippen LogP contribution in [-0.2, 0) is 10.0 Å². The molecule has 0 saturated heterocycles. The van der Waals surface area contributed by atoms with Crippen molar-refractivity contribution in [1.29, 1.82) is 0 Å². The molecule has 0 aliphatic heterocycles. The molecule has 0 spiro atoms. The molecule has 0 aliphatic carbocycles. The molecular formula is C11H22N4O2S. The molecule has 104 valence electrons. The van der Waals surface area contributed by atoms with Gasteiger partial charge in [0.1, 0.15) is 5.82 Å². The Balaban J connectivity index is 2.79. The van der Waals surface area contributed by atoms with Crippen LogP contribution in [0, 0.1) is 12.3 Å². The Morgan fingerprint density at radius 2 is 2.06 bits per heavy atom. The highest BCUT2D eigenvalue weighted by atomic mass is 32.2. The van der Waals surface area contributed by atoms with E-state index < -0.39 is 10.0 Å². The molecule has 1 rings (SSSR count). The number of nitrogens with zero attached hydrogens (tertiary/aromatic N) is 1. The summed E-state index contributed by atoms with van der Waals surface area (Å²) in [7, 11) is -3.53. The van der Waals surface area contributed by atoms with Crippen molar-refractivity contribution < 1.29 is 8.42 Å². The molecule has 18 heavy (non-hydrogen) atoms. The Kier molecular flexibility index (Phi) is 4.89. The quantitative estimate of drug-likeness (QED) is 0.683. The molecule has 0 atom stereocenters. The Labute approximate surface area is 108 Å². The zero-order chi connectivity index (χ0) is 13.8. The average Bonchev–Trinajstić information content (AvgIpc) is 2.79. The zero-order valence-corrected chi connectivity index (χ0v) is 12.0. The SMILES string of the molecule is CCC(CC)(CN)CNS(=O)(=O)c1cnc(C)[nH]1. The number of sulfonamides is 1. The molecule has 6 nitrogen and oxygen atoms in total. The maximum Gasteiger partial charge on any atom is 0.257 e. The Hall–Kier alpha value is -0.920. The molecule has 0 aliphatic rings. The number of H-pyrrole nitrogens is 1. The van der Waals surface area contributed by atoms with Crippen molar-refractivity contribution in [3.8, 4) is 0 Å². The summed E-state index contributed by atoms with van der Waals surface area (Å²) < 4.78 is 26.6. The molecule has 1 aromatic heterocycles. The van der Waals surface area contributed by atoms with E-state index in [0.717, 1.165) is 12.8 Å². The lowest BCUT2D eigenvalue weighted by molar-refractivity contribution is 0.275. The summed E-state index contributed by atoms with van der Waals surface area (Å²) in [5.41, 5.74) is 5.57. The van der Waals surface area contributed by atoms with Gasteiger partial charge in [0.05, 0.1) is 6.20 Å². The smallest absolute Gasteiger partial charge is 0.257 e. The van der Waals surface area contributed by atoms with Crippen LogP contribution in [0.4, 0.5) is 0 Å². The molecule has 1 aromatic rings. The highest BCUT2D eigenvalue weighted by molar-refractivity contribution is 7.89. The summed E-state index contributed by atoms with van der Waals surface area (Å²) >= 11 is 0. The van der Waals surface area contributed by atoms with Gasteiger partial charge in [0.25, 0.3) is 10.0 Å². The third kappa shape index (κ3) is 3.30. The van der Waals surface area contributed by atoms with E-state index >= 15 is 0 Å². The number of nitrogens with two attached hydrogens (primary N) is 1. The van der Waals surface area contributed by atoms with Gasteiger partial charge in [0.2, 0.25) is 0 Å². The summed E-state index contributed by atoms with van der Waals surface area (Å²) in [5, 5.41) is 0.0955. The topological polar surface area (TPSA) is 101 Å². The normalized spacial score (nSPS) is 12.9. The molecule has 4 N–H and O–H groups in total. The van der Waals surface area contributed by atoms with Crippen LogP contribution in [-0.4, -0.2) is 31.5 Å². The lowest BCUT2D eigenvalue weighted by Gasteiger charge is -2.29. The van der Waals surface area contributed by atoms with Gasteiger partial charge in [-0.1, -0.05) is 13.8 Å². The molecule has 0 bridgehead atoms. The summed E-state index contributed by atoms with van der Waals surface area (Å²) in [6, 6.07) is 0. The first-order valence-electron chi connectivity index (χ1n) is 6.10. The van der Waals surface area contributed by atoms with Gasteiger partial charge in [-0.25, -0.2) is 18.1 Å². The summed E-state index contributed by atoms with van der Waals surface area (Å²) in [6.07, 6.45) is 2.99. The number of aromatic nitrogens is 2. The Bertz CT molecular complexity index is 469. The van der Waals surface area contributed by atoms with Gasteiger partial charge in [0, 0.05) is 6.54 Å². The second kappa shape index (κ2) is 5.81. The fourth-order valence-corrected chi connectivity index (χ4v) is 2.85. The standard InChI is InChI=1S/C11H22N4O2S/c1-4-11(5-2,7-12)8-14-18(16,17)10-6-13-9(3)15-10/h6,14H,4-5,7-8,12H2,1-3H3,(H,13,15). The molecule has 7 heteroatoms. The van der Waals surface area contributed by atoms with Crippen molar-refractivity contribution in [1.82, 2.24) is 14.7 Å². The minimum Gasteiger partial charge on any atom is -0.332 e. The molecule has 0 aromatic carbocycles. The van der Waals surface area contributed by atoms with E-state index in [-0.39, 0.29) is 10.4 Å². The number of hydrogen-bond donors (Lipinski definition) is 3. The highest BCUT2D eigenvalue weighted by Gasteiger charge is 2.27. The predicted molar refractivity (Wildman–Crippen MR) is 70.6 cm³/mol. The predicted octanol–water partition coefficient (Wildman–Crippen LogP) is 0.762. The lowest BCUT2D eigenvalue weighted by Crippen LogP contribution is -2.41. The van der Waals surface area contributed by atoms with Crippen molar-refractivity contribution in [3.63, 3.8) is 0 Å². The van der Waals surface area contributed by atoms with Gasteiger partial charge in [-0.15, -0.1) is 0 Å². The van der Waals surface area contributed by atoms with Crippen LogP contribution in [0.2, 0.25) is 0 Å². The number of imidazole rings is 1. The largest absolute Gasteiger partial charge is 0.332 e. The van der Waals surface area contributed by atoms with E-state index in [4.69, 9.17) is 5.73 Å². The molecular weight excluding hydrogens is 252 g/mol. The first-order valence-corrected chi connectivity index (χ1v) is 7.59. The molecule has 1 heterocycles. The van der Waals surface area contributed by atoms with Gasteiger partial charge in [-0.2, -0.15) is 0 Å². The van der Waals surface area contributed by atoms with Crippen molar-refractivity contribution in [2.24, 2.45) is 11.1 Å². The monoisotopic (exact) mass is 274 g/mol.